The van der Waals surface area contributed by atoms with Crippen molar-refractivity contribution in [3.05, 3.63) is 28.9 Å². The molecule has 3 aromatic rings. The molecule has 0 bridgehead atoms. The van der Waals surface area contributed by atoms with E-state index < -0.39 is 0 Å². The number of aromatic nitrogens is 4. The van der Waals surface area contributed by atoms with Crippen molar-refractivity contribution < 1.29 is 4.79 Å². The van der Waals surface area contributed by atoms with E-state index in [0.29, 0.717) is 18.5 Å². The van der Waals surface area contributed by atoms with Gasteiger partial charge in [-0.1, -0.05) is 19.8 Å². The molecule has 8 heteroatoms. The van der Waals surface area contributed by atoms with Gasteiger partial charge < -0.3 is 20.2 Å². The number of hydrogen-bond acceptors (Lipinski definition) is 3. The van der Waals surface area contributed by atoms with Gasteiger partial charge in [-0.2, -0.15) is 0 Å². The minimum Gasteiger partial charge on any atom is -0.346 e. The minimum atomic E-state index is -0.139. The summed E-state index contributed by atoms with van der Waals surface area (Å²) in [5.41, 5.74) is 2.22. The van der Waals surface area contributed by atoms with E-state index in [1.165, 1.54) is 12.8 Å². The maximum Gasteiger partial charge on any atom is 0.326 e. The van der Waals surface area contributed by atoms with Crippen molar-refractivity contribution in [1.82, 2.24) is 29.7 Å². The number of nitrogens with zero attached hydrogens (tertiary/aromatic N) is 3. The van der Waals surface area contributed by atoms with Gasteiger partial charge in [-0.25, -0.2) is 14.6 Å². The highest BCUT2D eigenvalue weighted by atomic mass is 16.2. The highest BCUT2D eigenvalue weighted by molar-refractivity contribution is 6.00. The zero-order chi connectivity index (χ0) is 19.3. The maximum absolute atomic E-state index is 12.9. The number of hydrogen-bond donors (Lipinski definition) is 3. The SMILES string of the molecule is C[C@@H]1CCN(C(=O)NC2CCCC2)C[C@@H]1n1c(=O)[nH]c2cnc3[nH]ccc3c21. The summed E-state index contributed by atoms with van der Waals surface area (Å²) in [5.74, 6) is 0.300. The van der Waals surface area contributed by atoms with Crippen LogP contribution in [0.3, 0.4) is 0 Å². The van der Waals surface area contributed by atoms with E-state index in [4.69, 9.17) is 0 Å². The molecule has 148 valence electrons. The molecule has 2 aliphatic rings. The van der Waals surface area contributed by atoms with Gasteiger partial charge in [0.2, 0.25) is 0 Å². The number of nitrogens with one attached hydrogen (secondary N) is 3. The molecule has 28 heavy (non-hydrogen) atoms. The molecular formula is C20H26N6O2. The highest BCUT2D eigenvalue weighted by Crippen LogP contribution is 2.31. The summed E-state index contributed by atoms with van der Waals surface area (Å²) in [4.78, 5) is 38.0. The van der Waals surface area contributed by atoms with E-state index in [1.807, 2.05) is 21.7 Å². The number of pyridine rings is 1. The number of H-pyrrole nitrogens is 2. The van der Waals surface area contributed by atoms with Crippen LogP contribution in [0.25, 0.3) is 22.1 Å². The number of amides is 2. The Labute approximate surface area is 162 Å². The molecule has 1 aliphatic heterocycles. The van der Waals surface area contributed by atoms with Gasteiger partial charge in [0, 0.05) is 30.7 Å². The van der Waals surface area contributed by atoms with Gasteiger partial charge in [0.05, 0.1) is 23.3 Å². The number of carbonyl (C=O) groups is 1. The molecule has 3 aromatic heterocycles. The Balaban J connectivity index is 1.49. The highest BCUT2D eigenvalue weighted by Gasteiger charge is 2.33. The van der Waals surface area contributed by atoms with E-state index >= 15 is 0 Å². The van der Waals surface area contributed by atoms with Crippen LogP contribution < -0.4 is 11.0 Å². The van der Waals surface area contributed by atoms with Gasteiger partial charge in [-0.05, 0) is 31.2 Å². The smallest absolute Gasteiger partial charge is 0.326 e. The Morgan fingerprint density at radius 2 is 2.11 bits per heavy atom. The summed E-state index contributed by atoms with van der Waals surface area (Å²) in [6, 6.07) is 2.19. The van der Waals surface area contributed by atoms with Crippen molar-refractivity contribution in [1.29, 1.82) is 0 Å². The fourth-order valence-corrected chi connectivity index (χ4v) is 4.84. The second-order valence-electron chi connectivity index (χ2n) is 8.27. The molecule has 5 rings (SSSR count). The molecule has 1 saturated heterocycles. The van der Waals surface area contributed by atoms with Crippen molar-refractivity contribution in [3.8, 4) is 0 Å². The molecule has 2 amide bonds. The molecule has 2 atom stereocenters. The standard InChI is InChI=1S/C20H26N6O2/c1-12-7-9-25(19(27)23-13-4-2-3-5-13)11-16(12)26-17-14-6-8-21-18(14)22-10-15(17)24-20(26)28/h6,8,10,12-13,16H,2-5,7,9,11H2,1H3,(H,21,22)(H,23,27)(H,24,28)/t12-,16+/m1/s1. The quantitative estimate of drug-likeness (QED) is 0.635. The van der Waals surface area contributed by atoms with Crippen LogP contribution >= 0.6 is 0 Å². The van der Waals surface area contributed by atoms with Crippen molar-refractivity contribution in [2.75, 3.05) is 13.1 Å². The van der Waals surface area contributed by atoms with Crippen molar-refractivity contribution in [2.24, 2.45) is 5.92 Å². The van der Waals surface area contributed by atoms with Crippen LogP contribution in [-0.4, -0.2) is 49.6 Å². The van der Waals surface area contributed by atoms with Crippen LogP contribution in [0.15, 0.2) is 23.3 Å². The van der Waals surface area contributed by atoms with Crippen molar-refractivity contribution in [2.45, 2.75) is 51.1 Å². The molecule has 3 N–H and O–H groups in total. The summed E-state index contributed by atoms with van der Waals surface area (Å²) in [5, 5.41) is 4.11. The summed E-state index contributed by atoms with van der Waals surface area (Å²) >= 11 is 0. The Hall–Kier alpha value is -2.77. The lowest BCUT2D eigenvalue weighted by Gasteiger charge is -2.38. The zero-order valence-electron chi connectivity index (χ0n) is 16.1. The van der Waals surface area contributed by atoms with Crippen molar-refractivity contribution in [3.63, 3.8) is 0 Å². The molecule has 4 heterocycles. The van der Waals surface area contributed by atoms with Crippen LogP contribution in [0, 0.1) is 5.92 Å². The lowest BCUT2D eigenvalue weighted by atomic mass is 9.93. The van der Waals surface area contributed by atoms with Gasteiger partial charge in [-0.3, -0.25) is 4.57 Å². The van der Waals surface area contributed by atoms with Crippen LogP contribution in [0.2, 0.25) is 0 Å². The second-order valence-corrected chi connectivity index (χ2v) is 8.27. The first kappa shape index (κ1) is 17.3. The third-order valence-electron chi connectivity index (χ3n) is 6.48. The van der Waals surface area contributed by atoms with Gasteiger partial charge in [0.25, 0.3) is 0 Å². The van der Waals surface area contributed by atoms with Crippen molar-refractivity contribution >= 4 is 28.1 Å². The predicted molar refractivity (Wildman–Crippen MR) is 107 cm³/mol. The molecular weight excluding hydrogens is 356 g/mol. The van der Waals surface area contributed by atoms with Gasteiger partial charge in [-0.15, -0.1) is 0 Å². The minimum absolute atomic E-state index is 0.00477. The Bertz CT molecular complexity index is 1070. The first-order valence-corrected chi connectivity index (χ1v) is 10.2. The zero-order valence-corrected chi connectivity index (χ0v) is 16.1. The number of fused-ring (bicyclic) bond motifs is 3. The lowest BCUT2D eigenvalue weighted by molar-refractivity contribution is 0.138. The second kappa shape index (κ2) is 6.68. The number of aromatic amines is 2. The number of urea groups is 1. The van der Waals surface area contributed by atoms with Crippen LogP contribution in [-0.2, 0) is 0 Å². The molecule has 8 nitrogen and oxygen atoms in total. The fraction of sp³-hybridized carbons (Fsp3) is 0.550. The number of piperidine rings is 1. The third kappa shape index (κ3) is 2.78. The predicted octanol–water partition coefficient (Wildman–Crippen LogP) is 2.74. The number of carbonyl (C=O) groups excluding carboxylic acids is 1. The largest absolute Gasteiger partial charge is 0.346 e. The lowest BCUT2D eigenvalue weighted by Crippen LogP contribution is -2.51. The van der Waals surface area contributed by atoms with Gasteiger partial charge in [0.1, 0.15) is 5.65 Å². The van der Waals surface area contributed by atoms with Crippen LogP contribution in [0.4, 0.5) is 4.79 Å². The van der Waals surface area contributed by atoms with E-state index in [9.17, 15) is 9.59 Å². The average molecular weight is 382 g/mol. The summed E-state index contributed by atoms with van der Waals surface area (Å²) < 4.78 is 1.84. The third-order valence-corrected chi connectivity index (χ3v) is 6.48. The number of rotatable bonds is 2. The van der Waals surface area contributed by atoms with Gasteiger partial charge in [0.15, 0.2) is 0 Å². The first-order chi connectivity index (χ1) is 13.6. The van der Waals surface area contributed by atoms with Crippen LogP contribution in [0.1, 0.15) is 45.1 Å². The Morgan fingerprint density at radius 1 is 1.29 bits per heavy atom. The summed E-state index contributed by atoms with van der Waals surface area (Å²) in [6.07, 6.45) is 8.93. The molecule has 0 radical (unpaired) electrons. The van der Waals surface area contributed by atoms with Gasteiger partial charge >= 0.3 is 11.7 Å². The number of likely N-dealkylation sites (tertiary alicyclic amines) is 1. The van der Waals surface area contributed by atoms with E-state index in [1.54, 1.807) is 6.20 Å². The molecule has 1 aliphatic carbocycles. The Morgan fingerprint density at radius 3 is 2.93 bits per heavy atom. The molecule has 2 fully saturated rings. The van der Waals surface area contributed by atoms with E-state index in [-0.39, 0.29) is 17.8 Å². The Kier molecular flexibility index (Phi) is 4.14. The maximum atomic E-state index is 12.9. The molecule has 0 spiro atoms. The first-order valence-electron chi connectivity index (χ1n) is 10.2. The monoisotopic (exact) mass is 382 g/mol. The average Bonchev–Trinajstić information content (AvgIpc) is 3.41. The topological polar surface area (TPSA) is 98.8 Å². The fourth-order valence-electron chi connectivity index (χ4n) is 4.84. The molecule has 0 aromatic carbocycles. The summed E-state index contributed by atoms with van der Waals surface area (Å²) in [7, 11) is 0. The molecule has 0 unspecified atom stereocenters. The molecule has 1 saturated carbocycles. The normalized spacial score (nSPS) is 23.7. The number of imidazole rings is 1. The van der Waals surface area contributed by atoms with E-state index in [2.05, 4.69) is 27.2 Å². The van der Waals surface area contributed by atoms with E-state index in [0.717, 1.165) is 47.9 Å². The summed E-state index contributed by atoms with van der Waals surface area (Å²) in [6.45, 7) is 3.44. The van der Waals surface area contributed by atoms with Crippen LogP contribution in [0.5, 0.6) is 0 Å².